The molecule has 0 saturated carbocycles. The minimum atomic E-state index is -0.970. The van der Waals surface area contributed by atoms with Gasteiger partial charge in [-0.1, -0.05) is 32.4 Å². The molecular weight excluding hydrogens is 314 g/mol. The Balaban J connectivity index is 2.50. The lowest BCUT2D eigenvalue weighted by atomic mass is 9.95. The van der Waals surface area contributed by atoms with E-state index < -0.39 is 5.97 Å². The molecule has 0 radical (unpaired) electrons. The van der Waals surface area contributed by atoms with Crippen LogP contribution in [0.2, 0.25) is 0 Å². The summed E-state index contributed by atoms with van der Waals surface area (Å²) >= 11 is 0. The van der Waals surface area contributed by atoms with Crippen LogP contribution in [0, 0.1) is 0 Å². The molecule has 1 aromatic heterocycles. The Hall–Kier alpha value is -2.62. The zero-order valence-electron chi connectivity index (χ0n) is 14.7. The van der Waals surface area contributed by atoms with E-state index >= 15 is 0 Å². The normalized spacial score (nSPS) is 11.3. The molecule has 4 nitrogen and oxygen atoms in total. The van der Waals surface area contributed by atoms with Crippen molar-refractivity contribution >= 4 is 27.8 Å². The summed E-state index contributed by atoms with van der Waals surface area (Å²) in [5.74, 6) is -0.970. The number of carboxylic acids is 1. The second-order valence-corrected chi connectivity index (χ2v) is 6.39. The first-order valence-electron chi connectivity index (χ1n) is 8.90. The lowest BCUT2D eigenvalue weighted by Gasteiger charge is -2.17. The molecule has 130 valence electrons. The number of benzene rings is 2. The maximum Gasteiger partial charge on any atom is 0.335 e. The first-order chi connectivity index (χ1) is 12.1. The molecule has 0 fully saturated rings. The number of aromatic nitrogens is 1. The molecule has 2 aromatic carbocycles. The third kappa shape index (κ3) is 2.93. The number of carboxylic acid groups (broad SMARTS) is 1. The number of para-hydroxylation sites is 1. The van der Waals surface area contributed by atoms with Gasteiger partial charge in [-0.2, -0.15) is 0 Å². The lowest BCUT2D eigenvalue weighted by Crippen LogP contribution is -2.16. The number of carbonyl (C=O) groups is 1. The van der Waals surface area contributed by atoms with E-state index in [1.165, 1.54) is 0 Å². The molecule has 0 aliphatic carbocycles. The van der Waals surface area contributed by atoms with E-state index in [1.807, 2.05) is 24.3 Å². The minimum Gasteiger partial charge on any atom is -0.478 e. The van der Waals surface area contributed by atoms with Crippen LogP contribution < -0.4 is 5.43 Å². The molecule has 0 bridgehead atoms. The highest BCUT2D eigenvalue weighted by Crippen LogP contribution is 2.26. The van der Waals surface area contributed by atoms with Gasteiger partial charge in [0.15, 0.2) is 5.43 Å². The van der Waals surface area contributed by atoms with Crippen LogP contribution in [0.15, 0.2) is 41.2 Å². The lowest BCUT2D eigenvalue weighted by molar-refractivity contribution is 0.0696. The molecule has 0 saturated heterocycles. The average molecular weight is 337 g/mol. The molecule has 0 atom stereocenters. The maximum atomic E-state index is 13.2. The van der Waals surface area contributed by atoms with Crippen LogP contribution in [0.25, 0.3) is 21.8 Å². The highest BCUT2D eigenvalue weighted by Gasteiger charge is 2.19. The predicted octanol–water partition coefficient (Wildman–Crippen LogP) is 4.61. The van der Waals surface area contributed by atoms with Crippen molar-refractivity contribution in [3.05, 3.63) is 57.7 Å². The Morgan fingerprint density at radius 3 is 2.48 bits per heavy atom. The van der Waals surface area contributed by atoms with Gasteiger partial charge >= 0.3 is 5.97 Å². The summed E-state index contributed by atoms with van der Waals surface area (Å²) in [4.78, 5) is 24.9. The second-order valence-electron chi connectivity index (χ2n) is 6.39. The van der Waals surface area contributed by atoms with Gasteiger partial charge in [-0.05, 0) is 49.1 Å². The Morgan fingerprint density at radius 1 is 1.04 bits per heavy atom. The SMILES string of the molecule is CCCCc1c(C(=O)O)ccc2c1c(=O)c1ccccc1n2CCC. The molecule has 3 rings (SSSR count). The summed E-state index contributed by atoms with van der Waals surface area (Å²) < 4.78 is 2.15. The summed E-state index contributed by atoms with van der Waals surface area (Å²) in [5, 5.41) is 10.8. The highest BCUT2D eigenvalue weighted by molar-refractivity contribution is 6.01. The molecule has 25 heavy (non-hydrogen) atoms. The van der Waals surface area contributed by atoms with Crippen molar-refractivity contribution in [3.63, 3.8) is 0 Å². The molecular formula is C21H23NO3. The summed E-state index contributed by atoms with van der Waals surface area (Å²) in [7, 11) is 0. The smallest absolute Gasteiger partial charge is 0.335 e. The van der Waals surface area contributed by atoms with Crippen molar-refractivity contribution in [2.45, 2.75) is 46.1 Å². The third-order valence-corrected chi connectivity index (χ3v) is 4.71. The van der Waals surface area contributed by atoms with Crippen LogP contribution in [0.1, 0.15) is 49.0 Å². The van der Waals surface area contributed by atoms with Crippen molar-refractivity contribution < 1.29 is 9.90 Å². The molecule has 0 spiro atoms. The van der Waals surface area contributed by atoms with Crippen LogP contribution in [0.4, 0.5) is 0 Å². The summed E-state index contributed by atoms with van der Waals surface area (Å²) in [5.41, 5.74) is 2.60. The zero-order chi connectivity index (χ0) is 18.0. The number of nitrogens with zero attached hydrogens (tertiary/aromatic N) is 1. The number of unbranched alkanes of at least 4 members (excludes halogenated alkanes) is 1. The highest BCUT2D eigenvalue weighted by atomic mass is 16.4. The molecule has 3 aromatic rings. The molecule has 1 heterocycles. The number of hydrogen-bond donors (Lipinski definition) is 1. The summed E-state index contributed by atoms with van der Waals surface area (Å²) in [6.07, 6.45) is 3.35. The Bertz CT molecular complexity index is 1000. The predicted molar refractivity (Wildman–Crippen MR) is 102 cm³/mol. The Kier molecular flexibility index (Phi) is 4.88. The van der Waals surface area contributed by atoms with E-state index in [9.17, 15) is 14.7 Å². The number of fused-ring (bicyclic) bond motifs is 2. The second kappa shape index (κ2) is 7.09. The fourth-order valence-corrected chi connectivity index (χ4v) is 3.56. The zero-order valence-corrected chi connectivity index (χ0v) is 14.7. The molecule has 0 unspecified atom stereocenters. The first-order valence-corrected chi connectivity index (χ1v) is 8.90. The van der Waals surface area contributed by atoms with Gasteiger partial charge < -0.3 is 9.67 Å². The molecule has 0 aliphatic heterocycles. The van der Waals surface area contributed by atoms with Crippen LogP contribution in [-0.4, -0.2) is 15.6 Å². The van der Waals surface area contributed by atoms with Crippen LogP contribution in [-0.2, 0) is 13.0 Å². The van der Waals surface area contributed by atoms with Crippen molar-refractivity contribution in [3.8, 4) is 0 Å². The van der Waals surface area contributed by atoms with Crippen molar-refractivity contribution in [1.29, 1.82) is 0 Å². The first kappa shape index (κ1) is 17.2. The van der Waals surface area contributed by atoms with Gasteiger partial charge in [0, 0.05) is 11.9 Å². The number of aryl methyl sites for hydroxylation is 2. The topological polar surface area (TPSA) is 59.3 Å². The van der Waals surface area contributed by atoms with E-state index in [4.69, 9.17) is 0 Å². The molecule has 0 aliphatic rings. The maximum absolute atomic E-state index is 13.2. The number of hydrogen-bond acceptors (Lipinski definition) is 2. The summed E-state index contributed by atoms with van der Waals surface area (Å²) in [6.45, 7) is 4.95. The van der Waals surface area contributed by atoms with E-state index in [0.717, 1.165) is 36.8 Å². The monoisotopic (exact) mass is 337 g/mol. The Morgan fingerprint density at radius 2 is 1.80 bits per heavy atom. The summed E-state index contributed by atoms with van der Waals surface area (Å²) in [6, 6.07) is 11.0. The van der Waals surface area contributed by atoms with Gasteiger partial charge in [-0.15, -0.1) is 0 Å². The van der Waals surface area contributed by atoms with Gasteiger partial charge in [0.05, 0.1) is 22.0 Å². The van der Waals surface area contributed by atoms with Crippen LogP contribution >= 0.6 is 0 Å². The van der Waals surface area contributed by atoms with E-state index in [-0.39, 0.29) is 11.0 Å². The number of rotatable bonds is 6. The quantitative estimate of drug-likeness (QED) is 0.668. The molecule has 0 amide bonds. The Labute approximate surface area is 146 Å². The third-order valence-electron chi connectivity index (χ3n) is 4.71. The van der Waals surface area contributed by atoms with Gasteiger partial charge in [0.2, 0.25) is 0 Å². The van der Waals surface area contributed by atoms with Crippen molar-refractivity contribution in [1.82, 2.24) is 4.57 Å². The fourth-order valence-electron chi connectivity index (χ4n) is 3.56. The van der Waals surface area contributed by atoms with Gasteiger partial charge in [-0.25, -0.2) is 4.79 Å². The van der Waals surface area contributed by atoms with Crippen LogP contribution in [0.3, 0.4) is 0 Å². The largest absolute Gasteiger partial charge is 0.478 e. The van der Waals surface area contributed by atoms with E-state index in [1.54, 1.807) is 12.1 Å². The van der Waals surface area contributed by atoms with Gasteiger partial charge in [0.25, 0.3) is 0 Å². The molecule has 1 N–H and O–H groups in total. The average Bonchev–Trinajstić information content (AvgIpc) is 2.62. The van der Waals surface area contributed by atoms with Gasteiger partial charge in [0.1, 0.15) is 0 Å². The van der Waals surface area contributed by atoms with E-state index in [2.05, 4.69) is 18.4 Å². The molecule has 4 heteroatoms. The number of pyridine rings is 1. The van der Waals surface area contributed by atoms with Crippen molar-refractivity contribution in [2.24, 2.45) is 0 Å². The van der Waals surface area contributed by atoms with E-state index in [0.29, 0.717) is 22.8 Å². The fraction of sp³-hybridized carbons (Fsp3) is 0.333. The number of aromatic carboxylic acids is 1. The van der Waals surface area contributed by atoms with Crippen LogP contribution in [0.5, 0.6) is 0 Å². The minimum absolute atomic E-state index is 0.0628. The standard InChI is InChI=1S/C21H23NO3/c1-3-5-8-14-15(21(24)25)11-12-18-19(14)20(23)16-9-6-7-10-17(16)22(18)13-4-2/h6-7,9-12H,3-5,8,13H2,1-2H3,(H,24,25). The van der Waals surface area contributed by atoms with Crippen molar-refractivity contribution in [2.75, 3.05) is 0 Å². The van der Waals surface area contributed by atoms with Gasteiger partial charge in [-0.3, -0.25) is 4.79 Å².